The monoisotopic (exact) mass is 349 g/mol. The van der Waals surface area contributed by atoms with Crippen LogP contribution in [-0.2, 0) is 0 Å². The van der Waals surface area contributed by atoms with Gasteiger partial charge in [0.1, 0.15) is 11.3 Å². The quantitative estimate of drug-likeness (QED) is 0.555. The molecule has 130 valence electrons. The molecule has 0 aliphatic heterocycles. The lowest BCUT2D eigenvalue weighted by atomic mass is 10.2. The Morgan fingerprint density at radius 1 is 1.27 bits per heavy atom. The Hall–Kier alpha value is -3.61. The van der Waals surface area contributed by atoms with Crippen LogP contribution in [0.25, 0.3) is 22.7 Å². The number of aromatic nitrogens is 4. The van der Waals surface area contributed by atoms with E-state index in [1.807, 2.05) is 47.3 Å². The van der Waals surface area contributed by atoms with Crippen molar-refractivity contribution in [3.8, 4) is 17.4 Å². The average molecular weight is 349 g/mol. The molecular formula is C19H17N4O3+. The molecule has 0 aliphatic rings. The number of imidazole rings is 1. The van der Waals surface area contributed by atoms with E-state index in [-0.39, 0.29) is 5.69 Å². The lowest BCUT2D eigenvalue weighted by Crippen LogP contribution is -2.40. The van der Waals surface area contributed by atoms with Gasteiger partial charge in [0.2, 0.25) is 0 Å². The van der Waals surface area contributed by atoms with Gasteiger partial charge in [-0.25, -0.2) is 9.78 Å². The summed E-state index contributed by atoms with van der Waals surface area (Å²) in [5.41, 5.74) is 3.21. The second-order valence-corrected chi connectivity index (χ2v) is 5.89. The number of benzene rings is 1. The Morgan fingerprint density at radius 2 is 2.04 bits per heavy atom. The fraction of sp³-hybridized carbons (Fsp3) is 0.105. The van der Waals surface area contributed by atoms with Crippen LogP contribution in [0, 0.1) is 6.92 Å². The molecule has 3 aromatic heterocycles. The van der Waals surface area contributed by atoms with Crippen molar-refractivity contribution in [2.75, 3.05) is 7.11 Å². The van der Waals surface area contributed by atoms with Crippen LogP contribution in [0.1, 0.15) is 16.1 Å². The number of H-pyrrole nitrogens is 1. The molecule has 0 radical (unpaired) electrons. The Labute approximate surface area is 149 Å². The summed E-state index contributed by atoms with van der Waals surface area (Å²) in [5, 5.41) is 9.65. The topological polar surface area (TPSA) is 84.0 Å². The predicted molar refractivity (Wildman–Crippen MR) is 95.2 cm³/mol. The van der Waals surface area contributed by atoms with Crippen molar-refractivity contribution < 1.29 is 19.2 Å². The number of pyridine rings is 1. The van der Waals surface area contributed by atoms with Crippen molar-refractivity contribution in [3.63, 3.8) is 0 Å². The maximum atomic E-state index is 11.8. The number of methoxy groups -OCH3 is 1. The molecule has 0 unspecified atom stereocenters. The maximum absolute atomic E-state index is 11.8. The van der Waals surface area contributed by atoms with Crippen LogP contribution in [-0.4, -0.2) is 32.7 Å². The molecule has 0 atom stereocenters. The van der Waals surface area contributed by atoms with E-state index >= 15 is 0 Å². The Morgan fingerprint density at radius 3 is 2.73 bits per heavy atom. The third kappa shape index (κ3) is 2.50. The lowest BCUT2D eigenvalue weighted by Gasteiger charge is -2.09. The summed E-state index contributed by atoms with van der Waals surface area (Å²) in [6.07, 6.45) is 5.55. The highest BCUT2D eigenvalue weighted by Gasteiger charge is 2.25. The Kier molecular flexibility index (Phi) is 3.69. The third-order valence-electron chi connectivity index (χ3n) is 4.35. The van der Waals surface area contributed by atoms with Crippen LogP contribution >= 0.6 is 0 Å². The van der Waals surface area contributed by atoms with Gasteiger partial charge in [-0.05, 0) is 31.2 Å². The maximum Gasteiger partial charge on any atom is 0.402 e. The molecule has 7 nitrogen and oxygen atoms in total. The molecule has 7 heteroatoms. The SMILES string of the molecule is COc1cc[n+](-c2nc3cc(-n4cccc4)ccc3[nH]2)c(C(=O)O)c1C. The van der Waals surface area contributed by atoms with Gasteiger partial charge in [-0.2, -0.15) is 4.57 Å². The zero-order valence-corrected chi connectivity index (χ0v) is 14.3. The number of aromatic carboxylic acids is 1. The molecule has 0 aliphatic carbocycles. The van der Waals surface area contributed by atoms with E-state index in [1.165, 1.54) is 11.7 Å². The number of aromatic amines is 1. The summed E-state index contributed by atoms with van der Waals surface area (Å²) in [6.45, 7) is 1.71. The third-order valence-corrected chi connectivity index (χ3v) is 4.35. The van der Waals surface area contributed by atoms with Gasteiger partial charge in [-0.3, -0.25) is 0 Å². The van der Waals surface area contributed by atoms with E-state index < -0.39 is 5.97 Å². The zero-order valence-electron chi connectivity index (χ0n) is 14.3. The Balaban J connectivity index is 1.87. The highest BCUT2D eigenvalue weighted by Crippen LogP contribution is 2.21. The van der Waals surface area contributed by atoms with E-state index in [2.05, 4.69) is 9.97 Å². The van der Waals surface area contributed by atoms with Crippen molar-refractivity contribution in [2.45, 2.75) is 6.92 Å². The highest BCUT2D eigenvalue weighted by atomic mass is 16.5. The van der Waals surface area contributed by atoms with Gasteiger partial charge >= 0.3 is 11.9 Å². The number of nitrogens with one attached hydrogen (secondary N) is 1. The summed E-state index contributed by atoms with van der Waals surface area (Å²) in [4.78, 5) is 19.6. The van der Waals surface area contributed by atoms with Gasteiger partial charge in [-0.15, -0.1) is 0 Å². The predicted octanol–water partition coefficient (Wildman–Crippen LogP) is 2.65. The summed E-state index contributed by atoms with van der Waals surface area (Å²) in [7, 11) is 1.52. The standard InChI is InChI=1S/C19H16N4O3/c1-12-16(26-2)7-10-23(17(12)18(24)25)19-20-14-6-5-13(11-15(14)21-19)22-8-3-4-9-22/h3-11H,1-2H3,(H-,20,21,24,25)/p+1. The number of carbonyl (C=O) groups is 1. The van der Waals surface area contributed by atoms with E-state index in [0.717, 1.165) is 16.7 Å². The molecule has 3 heterocycles. The van der Waals surface area contributed by atoms with E-state index in [1.54, 1.807) is 19.2 Å². The van der Waals surface area contributed by atoms with Crippen LogP contribution in [0.5, 0.6) is 5.75 Å². The molecule has 1 aromatic carbocycles. The fourth-order valence-corrected chi connectivity index (χ4v) is 3.06. The minimum absolute atomic E-state index is 0.106. The molecule has 0 saturated carbocycles. The fourth-order valence-electron chi connectivity index (χ4n) is 3.06. The van der Waals surface area contributed by atoms with E-state index in [0.29, 0.717) is 17.3 Å². The number of hydrogen-bond acceptors (Lipinski definition) is 3. The Bertz CT molecular complexity index is 1110. The van der Waals surface area contributed by atoms with Gasteiger partial charge in [0.05, 0.1) is 13.3 Å². The molecule has 26 heavy (non-hydrogen) atoms. The van der Waals surface area contributed by atoms with E-state index in [9.17, 15) is 9.90 Å². The smallest absolute Gasteiger partial charge is 0.402 e. The number of ether oxygens (including phenoxy) is 1. The van der Waals surface area contributed by atoms with Gasteiger partial charge < -0.3 is 14.4 Å². The number of carboxylic acids is 1. The lowest BCUT2D eigenvalue weighted by molar-refractivity contribution is -0.606. The first-order chi connectivity index (χ1) is 12.6. The summed E-state index contributed by atoms with van der Waals surface area (Å²) in [5.74, 6) is -0.0904. The molecule has 4 aromatic rings. The normalized spacial score (nSPS) is 11.0. The van der Waals surface area contributed by atoms with Crippen LogP contribution in [0.4, 0.5) is 0 Å². The number of fused-ring (bicyclic) bond motifs is 1. The van der Waals surface area contributed by atoms with Crippen molar-refractivity contribution in [1.82, 2.24) is 14.5 Å². The number of rotatable bonds is 4. The molecule has 0 bridgehead atoms. The summed E-state index contributed by atoms with van der Waals surface area (Å²) in [6, 6.07) is 11.5. The minimum Gasteiger partial charge on any atom is -0.496 e. The summed E-state index contributed by atoms with van der Waals surface area (Å²) < 4.78 is 8.74. The zero-order chi connectivity index (χ0) is 18.3. The van der Waals surface area contributed by atoms with Gasteiger partial charge in [-0.1, -0.05) is 4.98 Å². The van der Waals surface area contributed by atoms with Crippen LogP contribution in [0.15, 0.2) is 55.0 Å². The molecule has 0 amide bonds. The largest absolute Gasteiger partial charge is 0.496 e. The van der Waals surface area contributed by atoms with Crippen LogP contribution < -0.4 is 9.30 Å². The second kappa shape index (κ2) is 6.03. The molecular weight excluding hydrogens is 332 g/mol. The molecule has 0 fully saturated rings. The van der Waals surface area contributed by atoms with Gasteiger partial charge in [0, 0.05) is 35.8 Å². The number of nitrogens with zero attached hydrogens (tertiary/aromatic N) is 3. The number of hydrogen-bond donors (Lipinski definition) is 2. The first kappa shape index (κ1) is 15.9. The first-order valence-corrected chi connectivity index (χ1v) is 8.04. The van der Waals surface area contributed by atoms with Crippen molar-refractivity contribution in [3.05, 3.63) is 66.2 Å². The van der Waals surface area contributed by atoms with Crippen molar-refractivity contribution in [2.24, 2.45) is 0 Å². The van der Waals surface area contributed by atoms with Crippen LogP contribution in [0.3, 0.4) is 0 Å². The summed E-state index contributed by atoms with van der Waals surface area (Å²) >= 11 is 0. The van der Waals surface area contributed by atoms with Crippen LogP contribution in [0.2, 0.25) is 0 Å². The molecule has 2 N–H and O–H groups in total. The van der Waals surface area contributed by atoms with Gasteiger partial charge in [0.25, 0.3) is 0 Å². The second-order valence-electron chi connectivity index (χ2n) is 5.89. The molecule has 0 spiro atoms. The average Bonchev–Trinajstić information content (AvgIpc) is 3.29. The van der Waals surface area contributed by atoms with Gasteiger partial charge in [0.15, 0.2) is 11.2 Å². The van der Waals surface area contributed by atoms with Crippen molar-refractivity contribution >= 4 is 17.0 Å². The van der Waals surface area contributed by atoms with E-state index in [4.69, 9.17) is 4.74 Å². The first-order valence-electron chi connectivity index (χ1n) is 8.04. The number of carboxylic acid groups (broad SMARTS) is 1. The minimum atomic E-state index is -1.05. The molecule has 0 saturated heterocycles. The highest BCUT2D eigenvalue weighted by molar-refractivity contribution is 5.86. The molecule has 4 rings (SSSR count). The van der Waals surface area contributed by atoms with Crippen molar-refractivity contribution in [1.29, 1.82) is 0 Å².